The smallest absolute Gasteiger partial charge is 0.239 e. The lowest BCUT2D eigenvalue weighted by molar-refractivity contribution is 0.171. The highest BCUT2D eigenvalue weighted by molar-refractivity contribution is 7.92. The molecule has 0 N–H and O–H groups in total. The summed E-state index contributed by atoms with van der Waals surface area (Å²) < 4.78 is 50.0. The lowest BCUT2D eigenvalue weighted by Crippen LogP contribution is -2.28. The van der Waals surface area contributed by atoms with E-state index in [1.165, 1.54) is 35.6 Å². The molecule has 1 heterocycles. The monoisotopic (exact) mass is 337 g/mol. The normalized spacial score (nSPS) is 13.7. The van der Waals surface area contributed by atoms with Crippen LogP contribution in [-0.4, -0.2) is 28.7 Å². The molecule has 0 aliphatic carbocycles. The average Bonchev–Trinajstić information content (AvgIpc) is 2.55. The van der Waals surface area contributed by atoms with Crippen molar-refractivity contribution in [3.8, 4) is 11.5 Å². The minimum atomic E-state index is -3.59. The molecule has 0 amide bonds. The fraction of sp³-hybridized carbons (Fsp3) is 0.250. The quantitative estimate of drug-likeness (QED) is 0.860. The van der Waals surface area contributed by atoms with Crippen molar-refractivity contribution in [2.45, 2.75) is 5.75 Å². The highest BCUT2D eigenvalue weighted by Gasteiger charge is 2.21. The zero-order valence-electron chi connectivity index (χ0n) is 12.5. The third-order valence-corrected chi connectivity index (χ3v) is 5.31. The molecule has 0 bridgehead atoms. The first-order valence-corrected chi connectivity index (χ1v) is 8.67. The molecule has 122 valence electrons. The Balaban J connectivity index is 1.83. The Bertz CT molecular complexity index is 805. The molecule has 2 aromatic rings. The van der Waals surface area contributed by atoms with E-state index in [-0.39, 0.29) is 5.75 Å². The summed E-state index contributed by atoms with van der Waals surface area (Å²) in [5.41, 5.74) is 1.01. The van der Waals surface area contributed by atoms with Gasteiger partial charge in [-0.05, 0) is 29.8 Å². The molecule has 1 aliphatic heterocycles. The fourth-order valence-electron chi connectivity index (χ4n) is 2.28. The van der Waals surface area contributed by atoms with Gasteiger partial charge < -0.3 is 9.47 Å². The largest absolute Gasteiger partial charge is 0.486 e. The number of fused-ring (bicyclic) bond motifs is 1. The molecular weight excluding hydrogens is 321 g/mol. The molecule has 0 unspecified atom stereocenters. The molecule has 3 rings (SSSR count). The van der Waals surface area contributed by atoms with Crippen LogP contribution < -0.4 is 13.8 Å². The van der Waals surface area contributed by atoms with Gasteiger partial charge in [0.1, 0.15) is 19.0 Å². The van der Waals surface area contributed by atoms with E-state index in [4.69, 9.17) is 9.47 Å². The zero-order valence-corrected chi connectivity index (χ0v) is 13.3. The summed E-state index contributed by atoms with van der Waals surface area (Å²) in [6, 6.07) is 10.4. The maximum Gasteiger partial charge on any atom is 0.239 e. The van der Waals surface area contributed by atoms with E-state index in [0.29, 0.717) is 36.0 Å². The minimum absolute atomic E-state index is 0.210. The number of halogens is 1. The highest BCUT2D eigenvalue weighted by Crippen LogP contribution is 2.34. The zero-order chi connectivity index (χ0) is 16.4. The topological polar surface area (TPSA) is 55.8 Å². The Morgan fingerprint density at radius 1 is 1.04 bits per heavy atom. The number of hydrogen-bond donors (Lipinski definition) is 0. The van der Waals surface area contributed by atoms with E-state index in [9.17, 15) is 12.8 Å². The van der Waals surface area contributed by atoms with Gasteiger partial charge in [-0.3, -0.25) is 4.31 Å². The maximum atomic E-state index is 12.9. The Hall–Kier alpha value is -2.28. The van der Waals surface area contributed by atoms with Crippen molar-refractivity contribution >= 4 is 15.7 Å². The second-order valence-corrected chi connectivity index (χ2v) is 7.18. The number of benzene rings is 2. The molecule has 23 heavy (non-hydrogen) atoms. The number of ether oxygens (including phenoxy) is 2. The summed E-state index contributed by atoms with van der Waals surface area (Å²) in [5, 5.41) is 0. The van der Waals surface area contributed by atoms with Crippen LogP contribution in [0.15, 0.2) is 42.5 Å². The van der Waals surface area contributed by atoms with E-state index >= 15 is 0 Å². The molecule has 0 spiro atoms. The number of anilines is 1. The van der Waals surface area contributed by atoms with Crippen LogP contribution in [0, 0.1) is 5.82 Å². The Morgan fingerprint density at radius 3 is 2.39 bits per heavy atom. The predicted octanol–water partition coefficient (Wildman–Crippen LogP) is 2.56. The van der Waals surface area contributed by atoms with Crippen LogP contribution in [0.3, 0.4) is 0 Å². The van der Waals surface area contributed by atoms with E-state index in [0.717, 1.165) is 0 Å². The van der Waals surface area contributed by atoms with Crippen LogP contribution in [0.5, 0.6) is 11.5 Å². The van der Waals surface area contributed by atoms with Crippen LogP contribution in [0.25, 0.3) is 0 Å². The van der Waals surface area contributed by atoms with Crippen LogP contribution >= 0.6 is 0 Å². The third kappa shape index (κ3) is 3.39. The van der Waals surface area contributed by atoms with Gasteiger partial charge in [-0.2, -0.15) is 0 Å². The van der Waals surface area contributed by atoms with Crippen LogP contribution in [0.2, 0.25) is 0 Å². The molecule has 7 heteroatoms. The van der Waals surface area contributed by atoms with Gasteiger partial charge in [-0.15, -0.1) is 0 Å². The van der Waals surface area contributed by atoms with Crippen molar-refractivity contribution in [2.75, 3.05) is 24.6 Å². The van der Waals surface area contributed by atoms with Gasteiger partial charge in [0.25, 0.3) is 0 Å². The number of hydrogen-bond acceptors (Lipinski definition) is 4. The van der Waals surface area contributed by atoms with Gasteiger partial charge in [0.05, 0.1) is 11.4 Å². The molecule has 1 aliphatic rings. The third-order valence-electron chi connectivity index (χ3n) is 3.57. The van der Waals surface area contributed by atoms with Crippen LogP contribution in [-0.2, 0) is 15.8 Å². The molecule has 2 aromatic carbocycles. The van der Waals surface area contributed by atoms with Crippen molar-refractivity contribution < 1.29 is 22.3 Å². The standard InChI is InChI=1S/C16H16FNO4S/c1-18(14-6-7-15-16(10-14)22-9-8-21-15)23(19,20)11-12-2-4-13(17)5-3-12/h2-7,10H,8-9,11H2,1H3. The Morgan fingerprint density at radius 2 is 1.70 bits per heavy atom. The second-order valence-electron chi connectivity index (χ2n) is 5.18. The van der Waals surface area contributed by atoms with E-state index in [1.807, 2.05) is 0 Å². The summed E-state index contributed by atoms with van der Waals surface area (Å²) in [6.07, 6.45) is 0. The van der Waals surface area contributed by atoms with Crippen molar-refractivity contribution in [1.82, 2.24) is 0 Å². The molecule has 0 saturated heterocycles. The van der Waals surface area contributed by atoms with Gasteiger partial charge in [-0.25, -0.2) is 12.8 Å². The fourth-order valence-corrected chi connectivity index (χ4v) is 3.52. The Kier molecular flexibility index (Phi) is 4.12. The van der Waals surface area contributed by atoms with Crippen LogP contribution in [0.4, 0.5) is 10.1 Å². The predicted molar refractivity (Wildman–Crippen MR) is 84.9 cm³/mol. The molecular formula is C16H16FNO4S. The molecule has 0 atom stereocenters. The Labute approximate surface area is 134 Å². The SMILES string of the molecule is CN(c1ccc2c(c1)OCCO2)S(=O)(=O)Cc1ccc(F)cc1. The van der Waals surface area contributed by atoms with Crippen molar-refractivity contribution in [3.05, 3.63) is 53.8 Å². The second kappa shape index (κ2) is 6.08. The van der Waals surface area contributed by atoms with Crippen molar-refractivity contribution in [3.63, 3.8) is 0 Å². The number of sulfonamides is 1. The molecule has 0 fully saturated rings. The summed E-state index contributed by atoms with van der Waals surface area (Å²) in [6.45, 7) is 0.910. The number of nitrogens with zero attached hydrogens (tertiary/aromatic N) is 1. The first-order chi connectivity index (χ1) is 11.0. The summed E-state index contributed by atoms with van der Waals surface area (Å²) in [7, 11) is -2.11. The molecule has 0 radical (unpaired) electrons. The minimum Gasteiger partial charge on any atom is -0.486 e. The van der Waals surface area contributed by atoms with Crippen molar-refractivity contribution in [2.24, 2.45) is 0 Å². The lowest BCUT2D eigenvalue weighted by Gasteiger charge is -2.23. The van der Waals surface area contributed by atoms with Gasteiger partial charge in [-0.1, -0.05) is 12.1 Å². The van der Waals surface area contributed by atoms with E-state index < -0.39 is 15.8 Å². The van der Waals surface area contributed by atoms with Gasteiger partial charge in [0.2, 0.25) is 10.0 Å². The first-order valence-electron chi connectivity index (χ1n) is 7.06. The molecule has 0 saturated carbocycles. The van der Waals surface area contributed by atoms with Gasteiger partial charge >= 0.3 is 0 Å². The van der Waals surface area contributed by atoms with E-state index in [1.54, 1.807) is 18.2 Å². The number of rotatable bonds is 4. The summed E-state index contributed by atoms with van der Waals surface area (Å²) in [5.74, 6) is 0.520. The highest BCUT2D eigenvalue weighted by atomic mass is 32.2. The van der Waals surface area contributed by atoms with Crippen LogP contribution in [0.1, 0.15) is 5.56 Å². The summed E-state index contributed by atoms with van der Waals surface area (Å²) >= 11 is 0. The summed E-state index contributed by atoms with van der Waals surface area (Å²) in [4.78, 5) is 0. The molecule has 0 aromatic heterocycles. The lowest BCUT2D eigenvalue weighted by atomic mass is 10.2. The maximum absolute atomic E-state index is 12.9. The van der Waals surface area contributed by atoms with Crippen molar-refractivity contribution in [1.29, 1.82) is 0 Å². The van der Waals surface area contributed by atoms with E-state index in [2.05, 4.69) is 0 Å². The first kappa shape index (κ1) is 15.6. The van der Waals surface area contributed by atoms with Gasteiger partial charge in [0, 0.05) is 13.1 Å². The molecule has 5 nitrogen and oxygen atoms in total. The van der Waals surface area contributed by atoms with Gasteiger partial charge in [0.15, 0.2) is 11.5 Å². The average molecular weight is 337 g/mol.